The Hall–Kier alpha value is -1.97. The lowest BCUT2D eigenvalue weighted by molar-refractivity contribution is 0.0355. The molecule has 0 radical (unpaired) electrons. The first kappa shape index (κ1) is 21.3. The van der Waals surface area contributed by atoms with Crippen LogP contribution in [0, 0.1) is 11.8 Å². The van der Waals surface area contributed by atoms with E-state index in [4.69, 9.17) is 0 Å². The molecular formula is C22H26N3O4S-. The molecule has 1 saturated carbocycles. The number of hydrogen-bond donors (Lipinski definition) is 2. The first-order chi connectivity index (χ1) is 14.4. The number of fused-ring (bicyclic) bond motifs is 1. The zero-order valence-electron chi connectivity index (χ0n) is 16.7. The van der Waals surface area contributed by atoms with Gasteiger partial charge in [0.25, 0.3) is 0 Å². The standard InChI is InChI=1S/C22H27N3O4S/c26-21(20-7-6-17(11-23-20)12-24-30(28)29)15-25-13-18-9-22(27,10-19(18)14-25)8-16-4-2-1-3-5-16/h1-7,11,18-19,24,27H,8-10,12-15H2,(H,28,29)/p-1/t18-,19+,22?. The minimum atomic E-state index is -2.32. The predicted octanol–water partition coefficient (Wildman–Crippen LogP) is 1.46. The van der Waals surface area contributed by atoms with Gasteiger partial charge in [0.15, 0.2) is 5.78 Å². The van der Waals surface area contributed by atoms with E-state index < -0.39 is 16.9 Å². The van der Waals surface area contributed by atoms with Crippen LogP contribution in [-0.4, -0.2) is 54.8 Å². The van der Waals surface area contributed by atoms with Crippen molar-refractivity contribution in [3.63, 3.8) is 0 Å². The number of pyridine rings is 1. The third kappa shape index (κ3) is 5.19. The number of nitrogens with one attached hydrogen (secondary N) is 1. The number of aromatic nitrogens is 1. The average molecular weight is 429 g/mol. The Morgan fingerprint density at radius 3 is 2.47 bits per heavy atom. The number of benzene rings is 1. The highest BCUT2D eigenvalue weighted by molar-refractivity contribution is 7.77. The van der Waals surface area contributed by atoms with Crippen LogP contribution >= 0.6 is 0 Å². The monoisotopic (exact) mass is 428 g/mol. The molecule has 2 unspecified atom stereocenters. The van der Waals surface area contributed by atoms with E-state index in [1.807, 2.05) is 18.2 Å². The van der Waals surface area contributed by atoms with Crippen LogP contribution < -0.4 is 4.72 Å². The van der Waals surface area contributed by atoms with Crippen molar-refractivity contribution in [3.05, 3.63) is 65.5 Å². The van der Waals surface area contributed by atoms with Crippen molar-refractivity contribution in [2.24, 2.45) is 11.8 Å². The van der Waals surface area contributed by atoms with E-state index in [-0.39, 0.29) is 12.3 Å². The number of carbonyl (C=O) groups is 1. The fourth-order valence-corrected chi connectivity index (χ4v) is 5.21. The summed E-state index contributed by atoms with van der Waals surface area (Å²) >= 11 is -2.32. The Morgan fingerprint density at radius 2 is 1.87 bits per heavy atom. The van der Waals surface area contributed by atoms with Crippen molar-refractivity contribution >= 4 is 17.0 Å². The summed E-state index contributed by atoms with van der Waals surface area (Å²) in [4.78, 5) is 18.9. The van der Waals surface area contributed by atoms with E-state index in [0.717, 1.165) is 25.9 Å². The first-order valence-electron chi connectivity index (χ1n) is 10.2. The van der Waals surface area contributed by atoms with E-state index >= 15 is 0 Å². The summed E-state index contributed by atoms with van der Waals surface area (Å²) in [6.07, 6.45) is 3.76. The van der Waals surface area contributed by atoms with Crippen LogP contribution in [-0.2, 0) is 24.2 Å². The van der Waals surface area contributed by atoms with Crippen LogP contribution in [0.15, 0.2) is 48.7 Å². The van der Waals surface area contributed by atoms with Crippen molar-refractivity contribution in [2.45, 2.75) is 31.4 Å². The molecule has 160 valence electrons. The highest BCUT2D eigenvalue weighted by Crippen LogP contribution is 2.45. The normalized spacial score (nSPS) is 27.1. The number of carbonyl (C=O) groups excluding carboxylic acids is 1. The summed E-state index contributed by atoms with van der Waals surface area (Å²) in [5.41, 5.74) is 1.61. The molecular weight excluding hydrogens is 402 g/mol. The molecule has 30 heavy (non-hydrogen) atoms. The van der Waals surface area contributed by atoms with Gasteiger partial charge in [0.1, 0.15) is 5.69 Å². The number of hydrogen-bond acceptors (Lipinski definition) is 6. The molecule has 0 amide bonds. The van der Waals surface area contributed by atoms with Gasteiger partial charge in [-0.05, 0) is 41.9 Å². The summed E-state index contributed by atoms with van der Waals surface area (Å²) in [6, 6.07) is 13.5. The Kier molecular flexibility index (Phi) is 6.40. The molecule has 0 bridgehead atoms. The van der Waals surface area contributed by atoms with Gasteiger partial charge in [-0.15, -0.1) is 0 Å². The van der Waals surface area contributed by atoms with Gasteiger partial charge < -0.3 is 9.66 Å². The third-order valence-electron chi connectivity index (χ3n) is 6.18. The maximum atomic E-state index is 12.6. The molecule has 1 aliphatic heterocycles. The zero-order valence-corrected chi connectivity index (χ0v) is 17.5. The molecule has 7 nitrogen and oxygen atoms in total. The van der Waals surface area contributed by atoms with Crippen LogP contribution in [0.1, 0.15) is 34.5 Å². The second-order valence-electron chi connectivity index (χ2n) is 8.54. The second kappa shape index (κ2) is 9.03. The van der Waals surface area contributed by atoms with Gasteiger partial charge in [-0.2, -0.15) is 0 Å². The molecule has 2 aliphatic rings. The first-order valence-corrected chi connectivity index (χ1v) is 11.3. The third-order valence-corrected chi connectivity index (χ3v) is 6.56. The van der Waals surface area contributed by atoms with Gasteiger partial charge in [-0.1, -0.05) is 36.4 Å². The predicted molar refractivity (Wildman–Crippen MR) is 112 cm³/mol. The van der Waals surface area contributed by atoms with Gasteiger partial charge in [-0.3, -0.25) is 18.9 Å². The van der Waals surface area contributed by atoms with Gasteiger partial charge in [0.2, 0.25) is 0 Å². The quantitative estimate of drug-likeness (QED) is 0.487. The van der Waals surface area contributed by atoms with E-state index in [0.29, 0.717) is 36.1 Å². The summed E-state index contributed by atoms with van der Waals surface area (Å²) in [5.74, 6) is 0.795. The number of likely N-dealkylation sites (tertiary alicyclic amines) is 1. The minimum Gasteiger partial charge on any atom is -0.760 e. The van der Waals surface area contributed by atoms with Crippen LogP contribution in [0.25, 0.3) is 0 Å². The number of ketones is 1. The Balaban J connectivity index is 1.28. The maximum absolute atomic E-state index is 12.6. The SMILES string of the molecule is O=C(CN1C[C@@H]2CC(O)(Cc3ccccc3)C[C@@H]2C1)c1ccc(CNS(=O)[O-])cn1. The molecule has 2 fully saturated rings. The lowest BCUT2D eigenvalue weighted by atomic mass is 9.91. The molecule has 4 rings (SSSR count). The number of Topliss-reactive ketones (excluding diaryl/α,β-unsaturated/α-hetero) is 1. The number of aliphatic hydroxyl groups is 1. The van der Waals surface area contributed by atoms with Crippen molar-refractivity contribution in [3.8, 4) is 0 Å². The van der Waals surface area contributed by atoms with E-state index in [1.54, 1.807) is 12.1 Å². The van der Waals surface area contributed by atoms with Crippen LogP contribution in [0.5, 0.6) is 0 Å². The maximum Gasteiger partial charge on any atom is 0.195 e. The van der Waals surface area contributed by atoms with Gasteiger partial charge in [-0.25, -0.2) is 4.72 Å². The number of nitrogens with zero attached hydrogens (tertiary/aromatic N) is 2. The van der Waals surface area contributed by atoms with Gasteiger partial charge in [0.05, 0.1) is 12.1 Å². The molecule has 1 aromatic heterocycles. The molecule has 2 N–H and O–H groups in total. The van der Waals surface area contributed by atoms with E-state index in [2.05, 4.69) is 26.7 Å². The molecule has 8 heteroatoms. The fraction of sp³-hybridized carbons (Fsp3) is 0.455. The molecule has 1 saturated heterocycles. The van der Waals surface area contributed by atoms with Crippen LogP contribution in [0.3, 0.4) is 0 Å². The fourth-order valence-electron chi connectivity index (χ4n) is 4.93. The molecule has 2 heterocycles. The summed E-state index contributed by atoms with van der Waals surface area (Å²) < 4.78 is 23.4. The van der Waals surface area contributed by atoms with E-state index in [9.17, 15) is 18.7 Å². The lowest BCUT2D eigenvalue weighted by Gasteiger charge is -2.26. The molecule has 1 aromatic carbocycles. The summed E-state index contributed by atoms with van der Waals surface area (Å²) in [5, 5.41) is 11.1. The molecule has 4 atom stereocenters. The Morgan fingerprint density at radius 1 is 1.17 bits per heavy atom. The topological polar surface area (TPSA) is 106 Å². The molecule has 0 spiro atoms. The largest absolute Gasteiger partial charge is 0.760 e. The average Bonchev–Trinajstić information content (AvgIpc) is 3.21. The Bertz CT molecular complexity index is 892. The molecule has 2 aromatic rings. The van der Waals surface area contributed by atoms with Crippen LogP contribution in [0.2, 0.25) is 0 Å². The smallest absolute Gasteiger partial charge is 0.195 e. The van der Waals surface area contributed by atoms with Crippen LogP contribution in [0.4, 0.5) is 0 Å². The van der Waals surface area contributed by atoms with Crippen molar-refractivity contribution < 1.29 is 18.7 Å². The van der Waals surface area contributed by atoms with E-state index in [1.165, 1.54) is 11.8 Å². The minimum absolute atomic E-state index is 0.0403. The van der Waals surface area contributed by atoms with Crippen molar-refractivity contribution in [1.29, 1.82) is 0 Å². The highest BCUT2D eigenvalue weighted by Gasteiger charge is 2.48. The van der Waals surface area contributed by atoms with Gasteiger partial charge >= 0.3 is 0 Å². The molecule has 1 aliphatic carbocycles. The second-order valence-corrected chi connectivity index (χ2v) is 9.30. The zero-order chi connectivity index (χ0) is 21.1. The lowest BCUT2D eigenvalue weighted by Crippen LogP contribution is -2.34. The summed E-state index contributed by atoms with van der Waals surface area (Å²) in [6.45, 7) is 2.12. The van der Waals surface area contributed by atoms with Crippen molar-refractivity contribution in [1.82, 2.24) is 14.6 Å². The summed E-state index contributed by atoms with van der Waals surface area (Å²) in [7, 11) is 0. The van der Waals surface area contributed by atoms with Gasteiger partial charge in [0, 0.05) is 43.5 Å². The highest BCUT2D eigenvalue weighted by atomic mass is 32.2. The van der Waals surface area contributed by atoms with Crippen molar-refractivity contribution in [2.75, 3.05) is 19.6 Å². The number of rotatable bonds is 8. The Labute approximate surface area is 178 Å².